The number of carboxylic acid groups (broad SMARTS) is 1. The first kappa shape index (κ1) is 37.1. The smallest absolute Gasteiger partial charge is 0.321 e. The van der Waals surface area contributed by atoms with Gasteiger partial charge in [0.05, 0.1) is 28.7 Å². The molecular formula is C44H39ClN4O6. The van der Waals surface area contributed by atoms with Gasteiger partial charge in [-0.05, 0) is 70.6 Å². The number of nitrogens with zero attached hydrogens (tertiary/aromatic N) is 3. The molecule has 1 atom stereocenters. The van der Waals surface area contributed by atoms with Gasteiger partial charge in [-0.3, -0.25) is 10.1 Å². The Morgan fingerprint density at radius 1 is 0.909 bits per heavy atom. The number of hydrogen-bond donors (Lipinski definition) is 2. The molecule has 278 valence electrons. The van der Waals surface area contributed by atoms with Crippen LogP contribution in [0.1, 0.15) is 39.1 Å². The summed E-state index contributed by atoms with van der Waals surface area (Å²) in [6.45, 7) is 4.28. The molecule has 10 nitrogen and oxygen atoms in total. The molecule has 0 bridgehead atoms. The SMILES string of the molecule is Cc1c(COc2cc(OCc3cccc(C#N)c3)c(CN[C@@H](Cc3cn(Cc4ccccc4)cn3)C(=O)O)cc2Cl)cccc1-c1ccc2c(c1)OCCO2. The molecule has 11 heteroatoms. The van der Waals surface area contributed by atoms with E-state index in [-0.39, 0.29) is 26.2 Å². The van der Waals surface area contributed by atoms with Crippen molar-refractivity contribution in [2.45, 2.75) is 45.7 Å². The highest BCUT2D eigenvalue weighted by atomic mass is 35.5. The van der Waals surface area contributed by atoms with E-state index in [1.54, 1.807) is 36.7 Å². The van der Waals surface area contributed by atoms with E-state index in [1.807, 2.05) is 77.5 Å². The van der Waals surface area contributed by atoms with Gasteiger partial charge in [-0.25, -0.2) is 4.98 Å². The topological polar surface area (TPSA) is 128 Å². The fourth-order valence-corrected chi connectivity index (χ4v) is 6.69. The third kappa shape index (κ3) is 9.27. The number of ether oxygens (including phenoxy) is 4. The number of halogens is 1. The van der Waals surface area contributed by atoms with Crippen molar-refractivity contribution in [3.63, 3.8) is 0 Å². The van der Waals surface area contributed by atoms with Gasteiger partial charge in [0, 0.05) is 37.3 Å². The molecule has 0 fully saturated rings. The molecule has 0 saturated carbocycles. The molecular weight excluding hydrogens is 716 g/mol. The van der Waals surface area contributed by atoms with Crippen LogP contribution in [-0.2, 0) is 37.5 Å². The van der Waals surface area contributed by atoms with Crippen LogP contribution < -0.4 is 24.3 Å². The molecule has 7 rings (SSSR count). The Kier molecular flexibility index (Phi) is 11.6. The lowest BCUT2D eigenvalue weighted by atomic mass is 9.96. The highest BCUT2D eigenvalue weighted by Gasteiger charge is 2.21. The van der Waals surface area contributed by atoms with E-state index in [0.29, 0.717) is 53.1 Å². The standard InChI is InChI=1S/C44H39ClN4O6/c1-29-34(11-6-12-37(29)33-13-14-40-43(19-33)53-16-15-52-40)27-55-42-21-41(54-26-32-10-5-9-31(17-32)22-46)35(18-38(42)45)23-47-39(44(50)51)20-36-25-49(28-48-36)24-30-7-3-2-4-8-30/h2-14,17-19,21,25,28,39,47H,15-16,20,23-24,26-27H2,1H3,(H,50,51)/t39-/m0/s1. The number of aromatic nitrogens is 2. The van der Waals surface area contributed by atoms with Crippen LogP contribution in [0.15, 0.2) is 116 Å². The monoisotopic (exact) mass is 754 g/mol. The predicted molar refractivity (Wildman–Crippen MR) is 209 cm³/mol. The molecule has 0 unspecified atom stereocenters. The molecule has 0 aliphatic carbocycles. The van der Waals surface area contributed by atoms with Crippen LogP contribution in [0.3, 0.4) is 0 Å². The van der Waals surface area contributed by atoms with Gasteiger partial charge in [-0.1, -0.05) is 78.3 Å². The van der Waals surface area contributed by atoms with Crippen molar-refractivity contribution in [1.29, 1.82) is 5.26 Å². The lowest BCUT2D eigenvalue weighted by Gasteiger charge is -2.20. The summed E-state index contributed by atoms with van der Waals surface area (Å²) in [5.74, 6) is 1.33. The van der Waals surface area contributed by atoms with Gasteiger partial charge < -0.3 is 28.6 Å². The molecule has 0 radical (unpaired) electrons. The molecule has 0 saturated heterocycles. The number of nitrogens with one attached hydrogen (secondary N) is 1. The quantitative estimate of drug-likeness (QED) is 0.107. The second-order valence-electron chi connectivity index (χ2n) is 13.2. The summed E-state index contributed by atoms with van der Waals surface area (Å²) >= 11 is 6.84. The fourth-order valence-electron chi connectivity index (χ4n) is 6.45. The molecule has 55 heavy (non-hydrogen) atoms. The van der Waals surface area contributed by atoms with Crippen molar-refractivity contribution in [1.82, 2.24) is 14.9 Å². The van der Waals surface area contributed by atoms with E-state index in [4.69, 9.17) is 30.5 Å². The zero-order valence-electron chi connectivity index (χ0n) is 30.2. The average molecular weight is 755 g/mol. The number of imidazole rings is 1. The van der Waals surface area contributed by atoms with Gasteiger partial charge in [0.1, 0.15) is 44.0 Å². The van der Waals surface area contributed by atoms with Gasteiger partial charge >= 0.3 is 5.97 Å². The van der Waals surface area contributed by atoms with Gasteiger partial charge in [-0.15, -0.1) is 0 Å². The van der Waals surface area contributed by atoms with E-state index in [1.165, 1.54) is 0 Å². The second kappa shape index (κ2) is 17.2. The highest BCUT2D eigenvalue weighted by molar-refractivity contribution is 6.32. The first-order chi connectivity index (χ1) is 26.8. The van der Waals surface area contributed by atoms with Crippen LogP contribution in [0.25, 0.3) is 11.1 Å². The van der Waals surface area contributed by atoms with E-state index < -0.39 is 12.0 Å². The lowest BCUT2D eigenvalue weighted by Crippen LogP contribution is -2.38. The molecule has 1 aliphatic rings. The third-order valence-electron chi connectivity index (χ3n) is 9.39. The fraction of sp³-hybridized carbons (Fsp3) is 0.205. The van der Waals surface area contributed by atoms with Crippen LogP contribution in [0.4, 0.5) is 0 Å². The minimum atomic E-state index is -1.01. The molecule has 1 aromatic heterocycles. The number of aliphatic carboxylic acids is 1. The summed E-state index contributed by atoms with van der Waals surface area (Å²) in [6.07, 6.45) is 3.75. The first-order valence-corrected chi connectivity index (χ1v) is 18.3. The molecule has 6 aromatic rings. The van der Waals surface area contributed by atoms with Crippen LogP contribution in [0.5, 0.6) is 23.0 Å². The van der Waals surface area contributed by atoms with Crippen LogP contribution in [0, 0.1) is 18.3 Å². The number of carbonyl (C=O) groups is 1. The van der Waals surface area contributed by atoms with E-state index >= 15 is 0 Å². The number of hydrogen-bond acceptors (Lipinski definition) is 8. The van der Waals surface area contributed by atoms with E-state index in [9.17, 15) is 15.2 Å². The Balaban J connectivity index is 1.09. The summed E-state index contributed by atoms with van der Waals surface area (Å²) in [5.41, 5.74) is 7.82. The predicted octanol–water partition coefficient (Wildman–Crippen LogP) is 8.15. The Morgan fingerprint density at radius 3 is 2.51 bits per heavy atom. The van der Waals surface area contributed by atoms with Crippen molar-refractivity contribution >= 4 is 17.6 Å². The Labute approximate surface area is 324 Å². The van der Waals surface area contributed by atoms with Crippen LogP contribution >= 0.6 is 11.6 Å². The largest absolute Gasteiger partial charge is 0.488 e. The van der Waals surface area contributed by atoms with Crippen molar-refractivity contribution in [3.8, 4) is 40.2 Å². The Morgan fingerprint density at radius 2 is 1.69 bits per heavy atom. The summed E-state index contributed by atoms with van der Waals surface area (Å²) in [7, 11) is 0. The summed E-state index contributed by atoms with van der Waals surface area (Å²) < 4.78 is 26.1. The lowest BCUT2D eigenvalue weighted by molar-refractivity contribution is -0.139. The number of fused-ring (bicyclic) bond motifs is 1. The maximum atomic E-state index is 12.4. The summed E-state index contributed by atoms with van der Waals surface area (Å²) in [4.78, 5) is 16.9. The van der Waals surface area contributed by atoms with E-state index in [0.717, 1.165) is 44.9 Å². The van der Waals surface area contributed by atoms with Gasteiger partial charge in [0.2, 0.25) is 0 Å². The second-order valence-corrected chi connectivity index (χ2v) is 13.6. The van der Waals surface area contributed by atoms with Crippen molar-refractivity contribution in [2.24, 2.45) is 0 Å². The van der Waals surface area contributed by atoms with Gasteiger partial charge in [-0.2, -0.15) is 5.26 Å². The van der Waals surface area contributed by atoms with Crippen molar-refractivity contribution in [3.05, 3.63) is 160 Å². The number of benzene rings is 5. The van der Waals surface area contributed by atoms with Gasteiger partial charge in [0.15, 0.2) is 11.5 Å². The minimum absolute atomic E-state index is 0.145. The molecule has 2 heterocycles. The first-order valence-electron chi connectivity index (χ1n) is 17.9. The Bertz CT molecular complexity index is 2340. The molecule has 2 N–H and O–H groups in total. The highest BCUT2D eigenvalue weighted by Crippen LogP contribution is 2.37. The van der Waals surface area contributed by atoms with Crippen LogP contribution in [-0.4, -0.2) is 39.9 Å². The molecule has 5 aromatic carbocycles. The van der Waals surface area contributed by atoms with Crippen LogP contribution in [0.2, 0.25) is 5.02 Å². The maximum Gasteiger partial charge on any atom is 0.321 e. The number of carboxylic acids is 1. The molecule has 0 amide bonds. The summed E-state index contributed by atoms with van der Waals surface area (Å²) in [6, 6.07) is 33.9. The minimum Gasteiger partial charge on any atom is -0.488 e. The zero-order valence-corrected chi connectivity index (χ0v) is 31.0. The van der Waals surface area contributed by atoms with E-state index in [2.05, 4.69) is 29.4 Å². The number of rotatable bonds is 15. The third-order valence-corrected chi connectivity index (χ3v) is 9.69. The Hall–Kier alpha value is -6.28. The molecule has 1 aliphatic heterocycles. The van der Waals surface area contributed by atoms with Gasteiger partial charge in [0.25, 0.3) is 0 Å². The molecule has 0 spiro atoms. The van der Waals surface area contributed by atoms with Crippen molar-refractivity contribution < 1.29 is 28.8 Å². The maximum absolute atomic E-state index is 12.4. The average Bonchev–Trinajstić information content (AvgIpc) is 3.65. The normalized spacial score (nSPS) is 12.5. The summed E-state index contributed by atoms with van der Waals surface area (Å²) in [5, 5.41) is 23.1. The zero-order chi connectivity index (χ0) is 38.1. The van der Waals surface area contributed by atoms with Crippen molar-refractivity contribution in [2.75, 3.05) is 13.2 Å². The number of nitriles is 1.